The second-order valence-corrected chi connectivity index (χ2v) is 12.3. The molecule has 1 aromatic heterocycles. The van der Waals surface area contributed by atoms with Crippen LogP contribution in [0.1, 0.15) is 61.4 Å². The van der Waals surface area contributed by atoms with E-state index < -0.39 is 10.0 Å². The van der Waals surface area contributed by atoms with Gasteiger partial charge in [0.25, 0.3) is 0 Å². The van der Waals surface area contributed by atoms with Crippen LogP contribution in [-0.4, -0.2) is 49.7 Å². The van der Waals surface area contributed by atoms with E-state index >= 15 is 0 Å². The van der Waals surface area contributed by atoms with Gasteiger partial charge in [0.05, 0.1) is 11.5 Å². The number of ether oxygens (including phenoxy) is 1. The molecule has 2 aliphatic carbocycles. The molecule has 0 aliphatic heterocycles. The molecule has 1 unspecified atom stereocenters. The first-order chi connectivity index (χ1) is 15.3. The van der Waals surface area contributed by atoms with E-state index in [0.717, 1.165) is 17.0 Å². The van der Waals surface area contributed by atoms with Gasteiger partial charge in [0.1, 0.15) is 6.54 Å². The van der Waals surface area contributed by atoms with E-state index in [0.29, 0.717) is 36.3 Å². The Kier molecular flexibility index (Phi) is 7.10. The predicted octanol–water partition coefficient (Wildman–Crippen LogP) is 3.65. The minimum atomic E-state index is -3.61. The van der Waals surface area contributed by atoms with Crippen molar-refractivity contribution < 1.29 is 22.7 Å². The lowest BCUT2D eigenvalue weighted by Gasteiger charge is -2.31. The smallest absolute Gasteiger partial charge is 0.325 e. The van der Waals surface area contributed by atoms with Crippen LogP contribution in [-0.2, 0) is 38.9 Å². The van der Waals surface area contributed by atoms with Gasteiger partial charge in [-0.05, 0) is 49.7 Å². The van der Waals surface area contributed by atoms with Crippen molar-refractivity contribution in [3.63, 3.8) is 0 Å². The Hall–Kier alpha value is -2.19. The molecule has 182 valence electrons. The molecule has 7 nitrogen and oxygen atoms in total. The molecule has 0 aromatic carbocycles. The first-order valence-corrected chi connectivity index (χ1v) is 12.9. The monoisotopic (exact) mass is 476 g/mol. The summed E-state index contributed by atoms with van der Waals surface area (Å²) in [5.74, 6) is -0.600. The lowest BCUT2D eigenvalue weighted by Crippen LogP contribution is -2.32. The second-order valence-electron chi connectivity index (χ2n) is 10.1. The van der Waals surface area contributed by atoms with Gasteiger partial charge in [-0.2, -0.15) is 0 Å². The Labute approximate surface area is 197 Å². The number of fused-ring (bicyclic) bond motifs is 1. The standard InChI is InChI=1S/C25H36N2O5S/c1-8-32-23(29)15-27-17(3)19(24-20(27)13-25(4,5)14-21(24)28)12-18-16(2)10-9-11-22(18)33(30,31)26(6)7/h9-11,16,18H,8,12-15H2,1-7H3/t16-,18?/m0/s1. The van der Waals surface area contributed by atoms with Crippen LogP contribution in [0.3, 0.4) is 0 Å². The van der Waals surface area contributed by atoms with Gasteiger partial charge in [-0.1, -0.05) is 32.9 Å². The van der Waals surface area contributed by atoms with E-state index in [1.807, 2.05) is 24.5 Å². The first kappa shape index (κ1) is 25.4. The highest BCUT2D eigenvalue weighted by Crippen LogP contribution is 2.42. The molecule has 1 heterocycles. The fourth-order valence-corrected chi connectivity index (χ4v) is 6.40. The molecule has 3 rings (SSSR count). The van der Waals surface area contributed by atoms with E-state index in [-0.39, 0.29) is 35.5 Å². The van der Waals surface area contributed by atoms with Gasteiger partial charge in [0.2, 0.25) is 10.0 Å². The zero-order valence-electron chi connectivity index (χ0n) is 20.8. The summed E-state index contributed by atoms with van der Waals surface area (Å²) in [4.78, 5) is 26.1. The van der Waals surface area contributed by atoms with Crippen LogP contribution in [0.4, 0.5) is 0 Å². The van der Waals surface area contributed by atoms with Crippen molar-refractivity contribution in [3.05, 3.63) is 45.6 Å². The Morgan fingerprint density at radius 3 is 2.55 bits per heavy atom. The highest BCUT2D eigenvalue weighted by molar-refractivity contribution is 7.93. The number of sulfonamides is 1. The van der Waals surface area contributed by atoms with Gasteiger partial charge in [0.15, 0.2) is 5.78 Å². The Morgan fingerprint density at radius 2 is 1.94 bits per heavy atom. The molecule has 0 amide bonds. The molecule has 1 aromatic rings. The molecule has 0 spiro atoms. The average Bonchev–Trinajstić information content (AvgIpc) is 2.94. The zero-order valence-corrected chi connectivity index (χ0v) is 21.6. The fourth-order valence-electron chi connectivity index (χ4n) is 5.04. The van der Waals surface area contributed by atoms with E-state index in [1.54, 1.807) is 19.1 Å². The Balaban J connectivity index is 2.12. The number of Topliss-reactive ketones (excluding diaryl/α,β-unsaturated/α-hetero) is 1. The third-order valence-corrected chi connectivity index (χ3v) is 8.79. The zero-order chi connectivity index (χ0) is 24.7. The van der Waals surface area contributed by atoms with Crippen LogP contribution in [0, 0.1) is 24.2 Å². The summed E-state index contributed by atoms with van der Waals surface area (Å²) in [7, 11) is -0.546. The third kappa shape index (κ3) is 4.87. The van der Waals surface area contributed by atoms with Gasteiger partial charge >= 0.3 is 5.97 Å². The molecule has 2 atom stereocenters. The van der Waals surface area contributed by atoms with Crippen molar-refractivity contribution in [2.24, 2.45) is 17.3 Å². The number of hydrogen-bond acceptors (Lipinski definition) is 5. The molecule has 0 saturated heterocycles. The Morgan fingerprint density at radius 1 is 1.27 bits per heavy atom. The summed E-state index contributed by atoms with van der Waals surface area (Å²) in [6.07, 6.45) is 6.98. The third-order valence-electron chi connectivity index (χ3n) is 6.79. The van der Waals surface area contributed by atoms with Crippen molar-refractivity contribution in [2.45, 2.75) is 60.4 Å². The maximum atomic E-state index is 13.3. The van der Waals surface area contributed by atoms with Crippen LogP contribution in [0.25, 0.3) is 0 Å². The molecule has 0 bridgehead atoms. The van der Waals surface area contributed by atoms with Gasteiger partial charge in [-0.3, -0.25) is 9.59 Å². The molecule has 8 heteroatoms. The van der Waals surface area contributed by atoms with E-state index in [9.17, 15) is 18.0 Å². The summed E-state index contributed by atoms with van der Waals surface area (Å²) in [6.45, 7) is 10.1. The number of esters is 1. The lowest BCUT2D eigenvalue weighted by atomic mass is 9.74. The largest absolute Gasteiger partial charge is 0.465 e. The predicted molar refractivity (Wildman–Crippen MR) is 128 cm³/mol. The van der Waals surface area contributed by atoms with E-state index in [2.05, 4.69) is 13.8 Å². The highest BCUT2D eigenvalue weighted by Gasteiger charge is 2.39. The summed E-state index contributed by atoms with van der Waals surface area (Å²) in [5.41, 5.74) is 3.00. The minimum Gasteiger partial charge on any atom is -0.465 e. The molecule has 2 aliphatic rings. The summed E-state index contributed by atoms with van der Waals surface area (Å²) >= 11 is 0. The van der Waals surface area contributed by atoms with Crippen molar-refractivity contribution in [2.75, 3.05) is 20.7 Å². The molecule has 33 heavy (non-hydrogen) atoms. The van der Waals surface area contributed by atoms with Crippen LogP contribution >= 0.6 is 0 Å². The summed E-state index contributed by atoms with van der Waals surface area (Å²) < 4.78 is 34.5. The highest BCUT2D eigenvalue weighted by atomic mass is 32.2. The number of nitrogens with zero attached hydrogens (tertiary/aromatic N) is 2. The molecule has 0 fully saturated rings. The Bertz CT molecular complexity index is 1120. The van der Waals surface area contributed by atoms with E-state index in [4.69, 9.17) is 4.74 Å². The maximum Gasteiger partial charge on any atom is 0.325 e. The quantitative estimate of drug-likeness (QED) is 0.561. The van der Waals surface area contributed by atoms with E-state index in [1.165, 1.54) is 18.4 Å². The van der Waals surface area contributed by atoms with Crippen molar-refractivity contribution in [1.29, 1.82) is 0 Å². The normalized spacial score (nSPS) is 22.3. The van der Waals surface area contributed by atoms with Gasteiger partial charge in [-0.25, -0.2) is 12.7 Å². The number of carbonyl (C=O) groups is 2. The number of allylic oxidation sites excluding steroid dienone is 4. The number of rotatable bonds is 7. The SMILES string of the molecule is CCOC(=O)Cn1c(C)c(CC2C(S(=O)(=O)N(C)C)=CC=C[C@@H]2C)c2c1CC(C)(C)CC2=O. The van der Waals surface area contributed by atoms with Gasteiger partial charge in [-0.15, -0.1) is 0 Å². The maximum absolute atomic E-state index is 13.3. The topological polar surface area (TPSA) is 85.7 Å². The van der Waals surface area contributed by atoms with Gasteiger partial charge < -0.3 is 9.30 Å². The molecule has 0 saturated carbocycles. The number of carbonyl (C=O) groups excluding carboxylic acids is 2. The fraction of sp³-hybridized carbons (Fsp3) is 0.600. The number of aromatic nitrogens is 1. The molecular weight excluding hydrogens is 440 g/mol. The summed E-state index contributed by atoms with van der Waals surface area (Å²) in [5, 5.41) is 0. The van der Waals surface area contributed by atoms with Crippen LogP contribution in [0.15, 0.2) is 23.1 Å². The number of hydrogen-bond donors (Lipinski definition) is 0. The van der Waals surface area contributed by atoms with Crippen LogP contribution in [0.2, 0.25) is 0 Å². The van der Waals surface area contributed by atoms with Crippen molar-refractivity contribution >= 4 is 21.8 Å². The van der Waals surface area contributed by atoms with Crippen LogP contribution < -0.4 is 0 Å². The average molecular weight is 477 g/mol. The van der Waals surface area contributed by atoms with Crippen molar-refractivity contribution in [1.82, 2.24) is 8.87 Å². The lowest BCUT2D eigenvalue weighted by molar-refractivity contribution is -0.143. The van der Waals surface area contributed by atoms with Crippen molar-refractivity contribution in [3.8, 4) is 0 Å². The van der Waals surface area contributed by atoms with Crippen LogP contribution in [0.5, 0.6) is 0 Å². The van der Waals surface area contributed by atoms with Gasteiger partial charge in [0, 0.05) is 43.4 Å². The second kappa shape index (κ2) is 9.22. The molecule has 0 N–H and O–H groups in total. The minimum absolute atomic E-state index is 0.0154. The first-order valence-electron chi connectivity index (χ1n) is 11.5. The molecular formula is C25H36N2O5S. The number of ketones is 1. The molecule has 0 radical (unpaired) electrons. The summed E-state index contributed by atoms with van der Waals surface area (Å²) in [6, 6.07) is 0.